The standard InChI is InChI=1S/C33H43N3O4S/c1-7-9-19-34-33(38)30(8-2)35(22-28-12-10-11-25(4)20-28)32(37)23-36(31-21-26(5)13-16-27(31)6)41(39,40)29-17-14-24(3)15-18-29/h10-18,20-21,30H,7-9,19,22-23H2,1-6H3,(H,34,38)/t30-/m0/s1. The van der Waals surface area contributed by atoms with Gasteiger partial charge in [-0.1, -0.05) is 79.9 Å². The second kappa shape index (κ2) is 14.3. The lowest BCUT2D eigenvalue weighted by molar-refractivity contribution is -0.140. The average molecular weight is 578 g/mol. The highest BCUT2D eigenvalue weighted by atomic mass is 32.2. The average Bonchev–Trinajstić information content (AvgIpc) is 2.93. The smallest absolute Gasteiger partial charge is 0.264 e. The molecule has 2 amide bonds. The molecule has 0 bridgehead atoms. The van der Waals surface area contributed by atoms with Gasteiger partial charge in [0, 0.05) is 13.1 Å². The predicted octanol–water partition coefficient (Wildman–Crippen LogP) is 5.84. The van der Waals surface area contributed by atoms with Crippen LogP contribution in [0.5, 0.6) is 0 Å². The monoisotopic (exact) mass is 577 g/mol. The van der Waals surface area contributed by atoms with Crippen LogP contribution in [0.3, 0.4) is 0 Å². The van der Waals surface area contributed by atoms with Gasteiger partial charge in [-0.2, -0.15) is 0 Å². The maximum atomic E-state index is 14.2. The molecule has 0 saturated heterocycles. The Morgan fingerprint density at radius 3 is 2.15 bits per heavy atom. The fourth-order valence-electron chi connectivity index (χ4n) is 4.77. The Kier molecular flexibility index (Phi) is 11.1. The first-order valence-electron chi connectivity index (χ1n) is 14.3. The Hall–Kier alpha value is -3.65. The molecule has 0 radical (unpaired) electrons. The first kappa shape index (κ1) is 31.9. The van der Waals surface area contributed by atoms with Gasteiger partial charge in [0.25, 0.3) is 10.0 Å². The van der Waals surface area contributed by atoms with E-state index in [1.54, 1.807) is 30.3 Å². The number of nitrogens with zero attached hydrogens (tertiary/aromatic N) is 2. The zero-order valence-corrected chi connectivity index (χ0v) is 25.9. The number of benzene rings is 3. The van der Waals surface area contributed by atoms with Gasteiger partial charge in [-0.3, -0.25) is 13.9 Å². The van der Waals surface area contributed by atoms with E-state index in [0.29, 0.717) is 18.7 Å². The van der Waals surface area contributed by atoms with Crippen LogP contribution in [0.4, 0.5) is 5.69 Å². The Morgan fingerprint density at radius 2 is 1.51 bits per heavy atom. The fourth-order valence-corrected chi connectivity index (χ4v) is 6.24. The Labute approximate surface area is 245 Å². The molecule has 3 aromatic rings. The Balaban J connectivity index is 2.08. The first-order valence-corrected chi connectivity index (χ1v) is 15.7. The fraction of sp³-hybridized carbons (Fsp3) is 0.394. The van der Waals surface area contributed by atoms with Crippen molar-refractivity contribution in [3.8, 4) is 0 Å². The molecular weight excluding hydrogens is 534 g/mol. The van der Waals surface area contributed by atoms with Crippen LogP contribution in [-0.2, 0) is 26.2 Å². The molecule has 7 nitrogen and oxygen atoms in total. The number of sulfonamides is 1. The van der Waals surface area contributed by atoms with Crippen LogP contribution in [0, 0.1) is 27.7 Å². The van der Waals surface area contributed by atoms with Gasteiger partial charge >= 0.3 is 0 Å². The van der Waals surface area contributed by atoms with Gasteiger partial charge < -0.3 is 10.2 Å². The molecule has 3 rings (SSSR count). The van der Waals surface area contributed by atoms with Crippen molar-refractivity contribution in [3.05, 3.63) is 94.5 Å². The minimum atomic E-state index is -4.10. The number of carbonyl (C=O) groups excluding carboxylic acids is 2. The molecule has 0 aliphatic rings. The molecule has 41 heavy (non-hydrogen) atoms. The topological polar surface area (TPSA) is 86.8 Å². The van der Waals surface area contributed by atoms with E-state index in [9.17, 15) is 18.0 Å². The van der Waals surface area contributed by atoms with Crippen molar-refractivity contribution >= 4 is 27.5 Å². The molecule has 0 aliphatic heterocycles. The quantitative estimate of drug-likeness (QED) is 0.259. The largest absolute Gasteiger partial charge is 0.354 e. The van der Waals surface area contributed by atoms with Crippen LogP contribution in [0.2, 0.25) is 0 Å². The summed E-state index contributed by atoms with van der Waals surface area (Å²) in [5.41, 5.74) is 4.89. The third kappa shape index (κ3) is 8.19. The lowest BCUT2D eigenvalue weighted by Gasteiger charge is -2.33. The second-order valence-electron chi connectivity index (χ2n) is 10.7. The summed E-state index contributed by atoms with van der Waals surface area (Å²) >= 11 is 0. The normalized spacial score (nSPS) is 12.0. The van der Waals surface area contributed by atoms with E-state index in [4.69, 9.17) is 0 Å². The molecule has 0 unspecified atom stereocenters. The number of unbranched alkanes of at least 4 members (excludes halogenated alkanes) is 1. The third-order valence-electron chi connectivity index (χ3n) is 7.17. The van der Waals surface area contributed by atoms with Crippen LogP contribution in [0.25, 0.3) is 0 Å². The summed E-state index contributed by atoms with van der Waals surface area (Å²) < 4.78 is 29.4. The zero-order valence-electron chi connectivity index (χ0n) is 25.1. The molecule has 0 saturated carbocycles. The third-order valence-corrected chi connectivity index (χ3v) is 8.95. The minimum absolute atomic E-state index is 0.103. The van der Waals surface area contributed by atoms with Crippen LogP contribution >= 0.6 is 0 Å². The van der Waals surface area contributed by atoms with Crippen molar-refractivity contribution in [2.24, 2.45) is 0 Å². The van der Waals surface area contributed by atoms with Crippen molar-refractivity contribution < 1.29 is 18.0 Å². The number of aryl methyl sites for hydroxylation is 4. The molecule has 0 fully saturated rings. The number of nitrogens with one attached hydrogen (secondary N) is 1. The van der Waals surface area contributed by atoms with Gasteiger partial charge in [-0.25, -0.2) is 8.42 Å². The number of anilines is 1. The van der Waals surface area contributed by atoms with Crippen LogP contribution in [-0.4, -0.2) is 44.3 Å². The van der Waals surface area contributed by atoms with Gasteiger partial charge in [-0.05, 0) is 75.4 Å². The predicted molar refractivity (Wildman–Crippen MR) is 165 cm³/mol. The van der Waals surface area contributed by atoms with E-state index >= 15 is 0 Å². The molecule has 1 atom stereocenters. The number of carbonyl (C=O) groups is 2. The summed E-state index contributed by atoms with van der Waals surface area (Å²) in [5, 5.41) is 2.97. The van der Waals surface area contributed by atoms with E-state index in [1.165, 1.54) is 9.21 Å². The summed E-state index contributed by atoms with van der Waals surface area (Å²) in [4.78, 5) is 29.2. The molecule has 0 aromatic heterocycles. The molecule has 0 spiro atoms. The zero-order chi connectivity index (χ0) is 30.2. The molecule has 0 heterocycles. The molecular formula is C33H43N3O4S. The number of hydrogen-bond acceptors (Lipinski definition) is 4. The van der Waals surface area contributed by atoms with E-state index in [0.717, 1.165) is 40.7 Å². The van der Waals surface area contributed by atoms with Crippen molar-refractivity contribution in [1.29, 1.82) is 0 Å². The maximum Gasteiger partial charge on any atom is 0.264 e. The number of hydrogen-bond donors (Lipinski definition) is 1. The molecule has 0 aliphatic carbocycles. The van der Waals surface area contributed by atoms with E-state index in [-0.39, 0.29) is 17.3 Å². The molecule has 3 aromatic carbocycles. The van der Waals surface area contributed by atoms with Crippen molar-refractivity contribution in [1.82, 2.24) is 10.2 Å². The summed E-state index contributed by atoms with van der Waals surface area (Å²) in [5.74, 6) is -0.678. The minimum Gasteiger partial charge on any atom is -0.354 e. The Bertz CT molecular complexity index is 1450. The highest BCUT2D eigenvalue weighted by Crippen LogP contribution is 2.29. The molecule has 1 N–H and O–H groups in total. The van der Waals surface area contributed by atoms with Gasteiger partial charge in [0.05, 0.1) is 10.6 Å². The van der Waals surface area contributed by atoms with Crippen LogP contribution in [0.15, 0.2) is 71.6 Å². The van der Waals surface area contributed by atoms with Gasteiger partial charge in [0.15, 0.2) is 0 Å². The van der Waals surface area contributed by atoms with E-state index < -0.39 is 28.5 Å². The lowest BCUT2D eigenvalue weighted by atomic mass is 10.1. The van der Waals surface area contributed by atoms with Crippen molar-refractivity contribution in [3.63, 3.8) is 0 Å². The van der Waals surface area contributed by atoms with Gasteiger partial charge in [-0.15, -0.1) is 0 Å². The van der Waals surface area contributed by atoms with E-state index in [1.807, 2.05) is 77.9 Å². The first-order chi connectivity index (χ1) is 19.5. The number of amides is 2. The summed E-state index contributed by atoms with van der Waals surface area (Å²) in [6.45, 7) is 11.8. The SMILES string of the molecule is CCCCNC(=O)[C@H](CC)N(Cc1cccc(C)c1)C(=O)CN(c1cc(C)ccc1C)S(=O)(=O)c1ccc(C)cc1. The van der Waals surface area contributed by atoms with Gasteiger partial charge in [0.2, 0.25) is 11.8 Å². The Morgan fingerprint density at radius 1 is 0.854 bits per heavy atom. The summed E-state index contributed by atoms with van der Waals surface area (Å²) in [6.07, 6.45) is 2.16. The highest BCUT2D eigenvalue weighted by molar-refractivity contribution is 7.92. The van der Waals surface area contributed by atoms with Crippen molar-refractivity contribution in [2.45, 2.75) is 78.3 Å². The highest BCUT2D eigenvalue weighted by Gasteiger charge is 2.34. The van der Waals surface area contributed by atoms with E-state index in [2.05, 4.69) is 5.32 Å². The van der Waals surface area contributed by atoms with Crippen molar-refractivity contribution in [2.75, 3.05) is 17.4 Å². The molecule has 8 heteroatoms. The summed E-state index contributed by atoms with van der Waals surface area (Å²) in [6, 6.07) is 19.2. The number of rotatable bonds is 13. The maximum absolute atomic E-state index is 14.2. The lowest BCUT2D eigenvalue weighted by Crippen LogP contribution is -2.52. The second-order valence-corrected chi connectivity index (χ2v) is 12.6. The van der Waals surface area contributed by atoms with Crippen LogP contribution in [0.1, 0.15) is 60.9 Å². The summed E-state index contributed by atoms with van der Waals surface area (Å²) in [7, 11) is -4.10. The van der Waals surface area contributed by atoms with Gasteiger partial charge in [0.1, 0.15) is 12.6 Å². The van der Waals surface area contributed by atoms with Crippen LogP contribution < -0.4 is 9.62 Å². The molecule has 220 valence electrons.